The predicted octanol–water partition coefficient (Wildman–Crippen LogP) is 5.66. The topological polar surface area (TPSA) is 92.9 Å². The molecule has 0 atom stereocenters. The highest BCUT2D eigenvalue weighted by molar-refractivity contribution is 6.32. The number of hydrogen-bond donors (Lipinski definition) is 2. The van der Waals surface area contributed by atoms with Crippen molar-refractivity contribution in [2.45, 2.75) is 0 Å². The molecule has 34 heavy (non-hydrogen) atoms. The van der Waals surface area contributed by atoms with E-state index in [9.17, 15) is 14.0 Å². The highest BCUT2D eigenvalue weighted by Gasteiger charge is 2.12. The lowest BCUT2D eigenvalue weighted by molar-refractivity contribution is -0.118. The quantitative estimate of drug-likeness (QED) is 0.253. The van der Waals surface area contributed by atoms with E-state index in [4.69, 9.17) is 32.4 Å². The highest BCUT2D eigenvalue weighted by atomic mass is 35.5. The van der Waals surface area contributed by atoms with Crippen LogP contribution in [0.25, 0.3) is 11.0 Å². The zero-order valence-electron chi connectivity index (χ0n) is 17.3. The Bertz CT molecular complexity index is 1390. The van der Waals surface area contributed by atoms with Crippen LogP contribution in [0.15, 0.2) is 76.2 Å². The maximum absolute atomic E-state index is 12.9. The van der Waals surface area contributed by atoms with Gasteiger partial charge >= 0.3 is 5.91 Å². The number of rotatable bonds is 7. The molecule has 0 radical (unpaired) electrons. The van der Waals surface area contributed by atoms with Crippen LogP contribution in [0.3, 0.4) is 0 Å². The van der Waals surface area contributed by atoms with E-state index < -0.39 is 17.6 Å². The van der Waals surface area contributed by atoms with Gasteiger partial charge in [-0.05, 0) is 72.3 Å². The number of hydrazone groups is 1. The second kappa shape index (κ2) is 10.4. The summed E-state index contributed by atoms with van der Waals surface area (Å²) in [6, 6.07) is 16.8. The summed E-state index contributed by atoms with van der Waals surface area (Å²) < 4.78 is 23.8. The zero-order chi connectivity index (χ0) is 24.1. The summed E-state index contributed by atoms with van der Waals surface area (Å²) in [7, 11) is 0. The molecule has 0 aliphatic rings. The summed E-state index contributed by atoms with van der Waals surface area (Å²) in [4.78, 5) is 24.2. The second-order valence-corrected chi connectivity index (χ2v) is 7.87. The van der Waals surface area contributed by atoms with Gasteiger partial charge in [-0.2, -0.15) is 5.10 Å². The van der Waals surface area contributed by atoms with E-state index in [2.05, 4.69) is 15.8 Å². The van der Waals surface area contributed by atoms with Crippen molar-refractivity contribution in [2.75, 3.05) is 11.9 Å². The minimum Gasteiger partial charge on any atom is -0.482 e. The summed E-state index contributed by atoms with van der Waals surface area (Å²) in [6.45, 7) is -0.288. The predicted molar refractivity (Wildman–Crippen MR) is 128 cm³/mol. The number of halogens is 3. The molecule has 0 spiro atoms. The molecule has 4 rings (SSSR count). The number of amides is 2. The number of hydrogen-bond acceptors (Lipinski definition) is 5. The summed E-state index contributed by atoms with van der Waals surface area (Å²) in [5, 5.41) is 7.98. The van der Waals surface area contributed by atoms with Crippen LogP contribution in [0.1, 0.15) is 16.1 Å². The van der Waals surface area contributed by atoms with Gasteiger partial charge in [-0.3, -0.25) is 9.59 Å². The van der Waals surface area contributed by atoms with E-state index in [1.165, 1.54) is 30.5 Å². The van der Waals surface area contributed by atoms with Crippen molar-refractivity contribution in [3.63, 3.8) is 0 Å². The number of carbonyl (C=O) groups is 2. The number of nitrogens with zero attached hydrogens (tertiary/aromatic N) is 1. The first-order valence-corrected chi connectivity index (χ1v) is 10.6. The van der Waals surface area contributed by atoms with Crippen LogP contribution in [0.2, 0.25) is 10.0 Å². The molecule has 0 fully saturated rings. The van der Waals surface area contributed by atoms with E-state index in [1.807, 2.05) is 0 Å². The molecular weight excluding hydrogens is 484 g/mol. The monoisotopic (exact) mass is 499 g/mol. The van der Waals surface area contributed by atoms with E-state index in [1.54, 1.807) is 42.5 Å². The Labute approximate surface area is 203 Å². The highest BCUT2D eigenvalue weighted by Crippen LogP contribution is 2.25. The van der Waals surface area contributed by atoms with Crippen LogP contribution in [-0.4, -0.2) is 24.6 Å². The molecule has 2 amide bonds. The number of furan rings is 1. The van der Waals surface area contributed by atoms with E-state index >= 15 is 0 Å². The van der Waals surface area contributed by atoms with Crippen LogP contribution in [0.4, 0.5) is 10.1 Å². The molecule has 0 bridgehead atoms. The van der Waals surface area contributed by atoms with Crippen LogP contribution >= 0.6 is 23.2 Å². The SMILES string of the molecule is O=C(COc1ccc(/C=N/NC(=O)c2cc3cc(Cl)ccc3o2)cc1Cl)Nc1ccc(F)cc1. The van der Waals surface area contributed by atoms with Crippen LogP contribution in [-0.2, 0) is 4.79 Å². The largest absolute Gasteiger partial charge is 0.482 e. The van der Waals surface area contributed by atoms with Crippen LogP contribution < -0.4 is 15.5 Å². The standard InChI is InChI=1S/C24H16Cl2FN3O4/c25-16-2-8-20-15(10-16)11-22(34-20)24(32)30-28-12-14-1-7-21(19(26)9-14)33-13-23(31)29-18-5-3-17(27)4-6-18/h1-12H,13H2,(H,29,31)(H,30,32)/b28-12+. The van der Waals surface area contributed by atoms with Crippen molar-refractivity contribution in [1.29, 1.82) is 0 Å². The molecule has 3 aromatic carbocycles. The van der Waals surface area contributed by atoms with Gasteiger partial charge in [0.25, 0.3) is 5.91 Å². The maximum atomic E-state index is 12.9. The first kappa shape index (κ1) is 23.3. The van der Waals surface area contributed by atoms with Crippen LogP contribution in [0, 0.1) is 5.82 Å². The Morgan fingerprint density at radius 1 is 1.03 bits per heavy atom. The van der Waals surface area contributed by atoms with Gasteiger partial charge in [0.05, 0.1) is 11.2 Å². The van der Waals surface area contributed by atoms with Gasteiger partial charge in [-0.15, -0.1) is 0 Å². The third-order valence-electron chi connectivity index (χ3n) is 4.52. The molecule has 0 aliphatic carbocycles. The summed E-state index contributed by atoms with van der Waals surface area (Å²) in [6.07, 6.45) is 1.40. The summed E-state index contributed by atoms with van der Waals surface area (Å²) >= 11 is 12.2. The average Bonchev–Trinajstić information content (AvgIpc) is 3.23. The summed E-state index contributed by atoms with van der Waals surface area (Å²) in [5.74, 6) is -0.969. The number of nitrogens with one attached hydrogen (secondary N) is 2. The zero-order valence-corrected chi connectivity index (χ0v) is 18.9. The Balaban J connectivity index is 1.30. The van der Waals surface area contributed by atoms with Crippen LogP contribution in [0.5, 0.6) is 5.75 Å². The van der Waals surface area contributed by atoms with Gasteiger partial charge < -0.3 is 14.5 Å². The molecule has 0 aliphatic heterocycles. The molecule has 1 heterocycles. The summed E-state index contributed by atoms with van der Waals surface area (Å²) in [5.41, 5.74) is 3.94. The third kappa shape index (κ3) is 5.92. The van der Waals surface area contributed by atoms with Crippen molar-refractivity contribution in [2.24, 2.45) is 5.10 Å². The van der Waals surface area contributed by atoms with Gasteiger partial charge in [-0.25, -0.2) is 9.82 Å². The minimum absolute atomic E-state index is 0.0927. The van der Waals surface area contributed by atoms with Crippen molar-refractivity contribution in [3.05, 3.63) is 93.9 Å². The van der Waals surface area contributed by atoms with Crippen molar-refractivity contribution in [1.82, 2.24) is 5.43 Å². The Morgan fingerprint density at radius 3 is 2.59 bits per heavy atom. The number of fused-ring (bicyclic) bond motifs is 1. The Hall–Kier alpha value is -3.88. The lowest BCUT2D eigenvalue weighted by Crippen LogP contribution is -2.20. The smallest absolute Gasteiger partial charge is 0.307 e. The maximum Gasteiger partial charge on any atom is 0.307 e. The van der Waals surface area contributed by atoms with Gasteiger partial charge in [0.2, 0.25) is 0 Å². The van der Waals surface area contributed by atoms with E-state index in [0.717, 1.165) is 0 Å². The molecule has 0 unspecified atom stereocenters. The number of benzene rings is 3. The number of carbonyl (C=O) groups excluding carboxylic acids is 2. The minimum atomic E-state index is -0.526. The fraction of sp³-hybridized carbons (Fsp3) is 0.0417. The molecule has 7 nitrogen and oxygen atoms in total. The fourth-order valence-electron chi connectivity index (χ4n) is 2.93. The van der Waals surface area contributed by atoms with Crippen molar-refractivity contribution < 1.29 is 23.1 Å². The second-order valence-electron chi connectivity index (χ2n) is 7.03. The Morgan fingerprint density at radius 2 is 1.82 bits per heavy atom. The Kier molecular flexibility index (Phi) is 7.10. The molecule has 0 saturated carbocycles. The molecule has 1 aromatic heterocycles. The lowest BCUT2D eigenvalue weighted by atomic mass is 10.2. The van der Waals surface area contributed by atoms with Gasteiger partial charge in [0.1, 0.15) is 17.1 Å². The molecular formula is C24H16Cl2FN3O4. The third-order valence-corrected chi connectivity index (χ3v) is 5.06. The fourth-order valence-corrected chi connectivity index (χ4v) is 3.36. The average molecular weight is 500 g/mol. The van der Waals surface area contributed by atoms with Crippen molar-refractivity contribution in [3.8, 4) is 5.75 Å². The lowest BCUT2D eigenvalue weighted by Gasteiger charge is -2.09. The van der Waals surface area contributed by atoms with Crippen molar-refractivity contribution >= 4 is 57.9 Å². The van der Waals surface area contributed by atoms with Gasteiger partial charge in [0, 0.05) is 16.1 Å². The molecule has 4 aromatic rings. The van der Waals surface area contributed by atoms with E-state index in [-0.39, 0.29) is 23.1 Å². The first-order valence-electron chi connectivity index (χ1n) is 9.88. The molecule has 172 valence electrons. The first-order chi connectivity index (χ1) is 16.4. The number of ether oxygens (including phenoxy) is 1. The normalized spacial score (nSPS) is 11.0. The molecule has 0 saturated heterocycles. The molecule has 10 heteroatoms. The molecule has 2 N–H and O–H groups in total. The van der Waals surface area contributed by atoms with Gasteiger partial charge in [-0.1, -0.05) is 23.2 Å². The number of anilines is 1. The van der Waals surface area contributed by atoms with Gasteiger partial charge in [0.15, 0.2) is 12.4 Å². The van der Waals surface area contributed by atoms with E-state index in [0.29, 0.717) is 27.2 Å².